The van der Waals surface area contributed by atoms with E-state index in [0.29, 0.717) is 0 Å². The van der Waals surface area contributed by atoms with Gasteiger partial charge in [0.25, 0.3) is 5.69 Å². The molecule has 7 heteroatoms. The van der Waals surface area contributed by atoms with Gasteiger partial charge >= 0.3 is 5.97 Å². The zero-order valence-electron chi connectivity index (χ0n) is 9.16. The number of likely N-dealkylation sites (N-methyl/N-ethyl adjacent to an activating group) is 1. The van der Waals surface area contributed by atoms with Crippen LogP contribution in [0.15, 0.2) is 18.2 Å². The second-order valence-electron chi connectivity index (χ2n) is 3.41. The summed E-state index contributed by atoms with van der Waals surface area (Å²) in [6.45, 7) is 0.0849. The van der Waals surface area contributed by atoms with Crippen molar-refractivity contribution in [1.29, 1.82) is 0 Å². The van der Waals surface area contributed by atoms with Gasteiger partial charge in [0.2, 0.25) is 0 Å². The van der Waals surface area contributed by atoms with Crippen molar-refractivity contribution in [3.63, 3.8) is 0 Å². The summed E-state index contributed by atoms with van der Waals surface area (Å²) in [7, 11) is 1.58. The number of carbonyl (C=O) groups is 1. The van der Waals surface area contributed by atoms with Crippen LogP contribution in [-0.2, 0) is 0 Å². The summed E-state index contributed by atoms with van der Waals surface area (Å²) in [5.41, 5.74) is -0.159. The summed E-state index contributed by atoms with van der Waals surface area (Å²) in [6.07, 6.45) is 0. The number of aliphatic hydroxyl groups is 1. The number of nitrogens with zero attached hydrogens (tertiary/aromatic N) is 2. The third-order valence-corrected chi connectivity index (χ3v) is 2.27. The van der Waals surface area contributed by atoms with Crippen molar-refractivity contribution in [2.24, 2.45) is 0 Å². The van der Waals surface area contributed by atoms with E-state index in [9.17, 15) is 14.9 Å². The molecule has 1 rings (SSSR count). The molecule has 0 saturated heterocycles. The molecular weight excluding hydrogens is 228 g/mol. The first-order chi connectivity index (χ1) is 7.97. The molecule has 0 amide bonds. The zero-order chi connectivity index (χ0) is 13.0. The Bertz CT molecular complexity index is 446. The Balaban J connectivity index is 3.22. The topological polar surface area (TPSA) is 104 Å². The Morgan fingerprint density at radius 1 is 1.53 bits per heavy atom. The third kappa shape index (κ3) is 2.91. The normalized spacial score (nSPS) is 10.0. The lowest BCUT2D eigenvalue weighted by molar-refractivity contribution is -0.384. The number of hydrogen-bond donors (Lipinski definition) is 2. The second-order valence-corrected chi connectivity index (χ2v) is 3.41. The number of hydrogen-bond acceptors (Lipinski definition) is 5. The number of anilines is 1. The van der Waals surface area contributed by atoms with Crippen LogP contribution in [0.1, 0.15) is 10.4 Å². The summed E-state index contributed by atoms with van der Waals surface area (Å²) in [5, 5.41) is 28.3. The van der Waals surface area contributed by atoms with E-state index in [1.807, 2.05) is 0 Å². The van der Waals surface area contributed by atoms with Gasteiger partial charge in [-0.1, -0.05) is 0 Å². The van der Waals surface area contributed by atoms with E-state index >= 15 is 0 Å². The van der Waals surface area contributed by atoms with Crippen LogP contribution in [0.2, 0.25) is 0 Å². The van der Waals surface area contributed by atoms with E-state index in [4.69, 9.17) is 10.2 Å². The van der Waals surface area contributed by atoms with Gasteiger partial charge in [-0.15, -0.1) is 0 Å². The van der Waals surface area contributed by atoms with Crippen LogP contribution in [0.3, 0.4) is 0 Å². The molecule has 0 bridgehead atoms. The van der Waals surface area contributed by atoms with Gasteiger partial charge in [-0.2, -0.15) is 0 Å². The van der Waals surface area contributed by atoms with Gasteiger partial charge in [-0.25, -0.2) is 4.79 Å². The SMILES string of the molecule is CN(CCO)c1ccc(C(=O)O)cc1[N+](=O)[O-]. The molecule has 0 saturated carbocycles. The minimum atomic E-state index is -1.22. The quantitative estimate of drug-likeness (QED) is 0.580. The number of aliphatic hydroxyl groups excluding tert-OH is 1. The van der Waals surface area contributed by atoms with Crippen LogP contribution in [0.4, 0.5) is 11.4 Å². The van der Waals surface area contributed by atoms with Crippen LogP contribution >= 0.6 is 0 Å². The van der Waals surface area contributed by atoms with Crippen LogP contribution in [0.25, 0.3) is 0 Å². The highest BCUT2D eigenvalue weighted by Crippen LogP contribution is 2.28. The zero-order valence-corrected chi connectivity index (χ0v) is 9.16. The molecule has 0 spiro atoms. The van der Waals surface area contributed by atoms with Gasteiger partial charge in [0, 0.05) is 19.7 Å². The van der Waals surface area contributed by atoms with Crippen molar-refractivity contribution < 1.29 is 19.9 Å². The van der Waals surface area contributed by atoms with E-state index in [-0.39, 0.29) is 30.1 Å². The van der Waals surface area contributed by atoms with Crippen molar-refractivity contribution in [3.05, 3.63) is 33.9 Å². The molecule has 0 heterocycles. The van der Waals surface area contributed by atoms with Gasteiger partial charge in [-0.05, 0) is 12.1 Å². The minimum Gasteiger partial charge on any atom is -0.478 e. The number of benzene rings is 1. The molecule has 0 radical (unpaired) electrons. The van der Waals surface area contributed by atoms with Gasteiger partial charge in [-0.3, -0.25) is 10.1 Å². The summed E-state index contributed by atoms with van der Waals surface area (Å²) < 4.78 is 0. The highest BCUT2D eigenvalue weighted by molar-refractivity contribution is 5.89. The number of nitro benzene ring substituents is 1. The van der Waals surface area contributed by atoms with E-state index in [1.54, 1.807) is 7.05 Å². The molecule has 0 aromatic heterocycles. The lowest BCUT2D eigenvalue weighted by Crippen LogP contribution is -2.22. The largest absolute Gasteiger partial charge is 0.478 e. The molecule has 7 nitrogen and oxygen atoms in total. The smallest absolute Gasteiger partial charge is 0.335 e. The van der Waals surface area contributed by atoms with Crippen LogP contribution in [-0.4, -0.2) is 41.3 Å². The average molecular weight is 240 g/mol. The number of nitro groups is 1. The van der Waals surface area contributed by atoms with E-state index < -0.39 is 10.9 Å². The van der Waals surface area contributed by atoms with Crippen molar-refractivity contribution >= 4 is 17.3 Å². The Labute approximate surface area is 97.1 Å². The van der Waals surface area contributed by atoms with Gasteiger partial charge in [0.1, 0.15) is 5.69 Å². The van der Waals surface area contributed by atoms with Crippen LogP contribution in [0.5, 0.6) is 0 Å². The predicted molar refractivity (Wildman–Crippen MR) is 60.4 cm³/mol. The number of rotatable bonds is 5. The minimum absolute atomic E-state index is 0.141. The number of aromatic carboxylic acids is 1. The summed E-state index contributed by atoms with van der Waals surface area (Å²) >= 11 is 0. The molecule has 0 atom stereocenters. The van der Waals surface area contributed by atoms with Crippen molar-refractivity contribution in [2.45, 2.75) is 0 Å². The molecule has 92 valence electrons. The summed E-state index contributed by atoms with van der Waals surface area (Å²) in [5.74, 6) is -1.22. The predicted octanol–water partition coefficient (Wildman–Crippen LogP) is 0.721. The Kier molecular flexibility index (Phi) is 4.00. The fourth-order valence-electron chi connectivity index (χ4n) is 1.40. The van der Waals surface area contributed by atoms with Crippen molar-refractivity contribution in [1.82, 2.24) is 0 Å². The van der Waals surface area contributed by atoms with E-state index in [2.05, 4.69) is 0 Å². The van der Waals surface area contributed by atoms with Gasteiger partial charge in [0.05, 0.1) is 17.1 Å². The molecule has 1 aromatic carbocycles. The maximum Gasteiger partial charge on any atom is 0.335 e. The molecule has 1 aromatic rings. The first-order valence-corrected chi connectivity index (χ1v) is 4.81. The molecule has 0 fully saturated rings. The Morgan fingerprint density at radius 3 is 2.65 bits per heavy atom. The molecule has 0 aliphatic heterocycles. The summed E-state index contributed by atoms with van der Waals surface area (Å²) in [6, 6.07) is 3.65. The number of carboxylic acid groups (broad SMARTS) is 1. The maximum atomic E-state index is 10.8. The van der Waals surface area contributed by atoms with E-state index in [0.717, 1.165) is 6.07 Å². The monoisotopic (exact) mass is 240 g/mol. The average Bonchev–Trinajstić information content (AvgIpc) is 2.28. The highest BCUT2D eigenvalue weighted by atomic mass is 16.6. The van der Waals surface area contributed by atoms with Crippen molar-refractivity contribution in [2.75, 3.05) is 25.1 Å². The standard InChI is InChI=1S/C10H12N2O5/c1-11(4-5-13)8-3-2-7(10(14)15)6-9(8)12(16)17/h2-3,6,13H,4-5H2,1H3,(H,14,15). The summed E-state index contributed by atoms with van der Waals surface area (Å²) in [4.78, 5) is 22.4. The van der Waals surface area contributed by atoms with Crippen molar-refractivity contribution in [3.8, 4) is 0 Å². The molecule has 2 N–H and O–H groups in total. The lowest BCUT2D eigenvalue weighted by atomic mass is 10.1. The Hall–Kier alpha value is -2.15. The lowest BCUT2D eigenvalue weighted by Gasteiger charge is -2.17. The molecular formula is C10H12N2O5. The highest BCUT2D eigenvalue weighted by Gasteiger charge is 2.19. The van der Waals surface area contributed by atoms with Crippen LogP contribution in [0, 0.1) is 10.1 Å². The number of carboxylic acids is 1. The first-order valence-electron chi connectivity index (χ1n) is 4.81. The molecule has 0 aliphatic rings. The Morgan fingerprint density at radius 2 is 2.18 bits per heavy atom. The second kappa shape index (κ2) is 5.26. The fraction of sp³-hybridized carbons (Fsp3) is 0.300. The van der Waals surface area contributed by atoms with E-state index in [1.165, 1.54) is 17.0 Å². The molecule has 17 heavy (non-hydrogen) atoms. The van der Waals surface area contributed by atoms with Gasteiger partial charge in [0.15, 0.2) is 0 Å². The fourth-order valence-corrected chi connectivity index (χ4v) is 1.40. The van der Waals surface area contributed by atoms with Gasteiger partial charge < -0.3 is 15.1 Å². The molecule has 0 aliphatic carbocycles. The van der Waals surface area contributed by atoms with Crippen LogP contribution < -0.4 is 4.90 Å². The molecule has 0 unspecified atom stereocenters. The maximum absolute atomic E-state index is 10.8. The first kappa shape index (κ1) is 12.9. The third-order valence-electron chi connectivity index (χ3n) is 2.27.